The average molecular weight is 340 g/mol. The summed E-state index contributed by atoms with van der Waals surface area (Å²) in [6.07, 6.45) is 0. The number of ether oxygens (including phenoxy) is 1. The highest BCUT2D eigenvalue weighted by Crippen LogP contribution is 2.31. The second kappa shape index (κ2) is 6.69. The van der Waals surface area contributed by atoms with Crippen LogP contribution in [0.4, 0.5) is 0 Å². The third-order valence-corrected chi connectivity index (χ3v) is 5.82. The van der Waals surface area contributed by atoms with Crippen molar-refractivity contribution in [1.29, 1.82) is 0 Å². The van der Waals surface area contributed by atoms with Crippen molar-refractivity contribution in [2.75, 3.05) is 14.2 Å². The molecule has 22 heavy (non-hydrogen) atoms. The molecule has 0 aliphatic rings. The Labute approximate surface area is 136 Å². The molecule has 2 aromatic carbocycles. The number of benzene rings is 2. The molecule has 2 aromatic rings. The summed E-state index contributed by atoms with van der Waals surface area (Å²) in [6.45, 7) is 1.82. The number of nitrogens with zero attached hydrogens (tertiary/aromatic N) is 1. The zero-order valence-corrected chi connectivity index (χ0v) is 14.2. The fourth-order valence-corrected chi connectivity index (χ4v) is 3.66. The Hall–Kier alpha value is -1.56. The van der Waals surface area contributed by atoms with Gasteiger partial charge in [-0.25, -0.2) is 8.42 Å². The fraction of sp³-hybridized carbons (Fsp3) is 0.250. The largest absolute Gasteiger partial charge is 0.496 e. The van der Waals surface area contributed by atoms with Crippen LogP contribution >= 0.6 is 11.6 Å². The molecule has 0 heterocycles. The predicted octanol–water partition coefficient (Wildman–Crippen LogP) is 3.73. The van der Waals surface area contributed by atoms with E-state index in [0.29, 0.717) is 10.8 Å². The highest BCUT2D eigenvalue weighted by atomic mass is 35.5. The van der Waals surface area contributed by atoms with Crippen LogP contribution in [0.15, 0.2) is 53.4 Å². The first-order chi connectivity index (χ1) is 10.4. The van der Waals surface area contributed by atoms with Crippen LogP contribution in [-0.4, -0.2) is 26.9 Å². The normalized spacial score (nSPS) is 13.1. The van der Waals surface area contributed by atoms with Crippen LogP contribution in [0.2, 0.25) is 5.02 Å². The minimum absolute atomic E-state index is 0.209. The maximum atomic E-state index is 12.7. The third-order valence-electron chi connectivity index (χ3n) is 3.63. The zero-order chi connectivity index (χ0) is 16.3. The van der Waals surface area contributed by atoms with Gasteiger partial charge < -0.3 is 4.74 Å². The lowest BCUT2D eigenvalue weighted by atomic mass is 10.1. The van der Waals surface area contributed by atoms with E-state index in [2.05, 4.69) is 0 Å². The number of methoxy groups -OCH3 is 1. The molecule has 0 bridgehead atoms. The van der Waals surface area contributed by atoms with Crippen LogP contribution in [0, 0.1) is 0 Å². The van der Waals surface area contributed by atoms with Gasteiger partial charge in [0.15, 0.2) is 0 Å². The lowest BCUT2D eigenvalue weighted by Gasteiger charge is -2.26. The van der Waals surface area contributed by atoms with E-state index in [0.717, 1.165) is 5.56 Å². The molecule has 0 N–H and O–H groups in total. The smallest absolute Gasteiger partial charge is 0.243 e. The molecule has 0 spiro atoms. The van der Waals surface area contributed by atoms with E-state index in [4.69, 9.17) is 16.3 Å². The Morgan fingerprint density at radius 2 is 1.68 bits per heavy atom. The second-order valence-corrected chi connectivity index (χ2v) is 7.33. The van der Waals surface area contributed by atoms with Crippen LogP contribution in [0.1, 0.15) is 18.5 Å². The predicted molar refractivity (Wildman–Crippen MR) is 87.8 cm³/mol. The lowest BCUT2D eigenvalue weighted by Crippen LogP contribution is -2.30. The van der Waals surface area contributed by atoms with Crippen molar-refractivity contribution >= 4 is 21.6 Å². The average Bonchev–Trinajstić information content (AvgIpc) is 2.53. The van der Waals surface area contributed by atoms with Crippen LogP contribution in [-0.2, 0) is 10.0 Å². The molecule has 0 fully saturated rings. The van der Waals surface area contributed by atoms with Gasteiger partial charge in [0.1, 0.15) is 5.75 Å². The summed E-state index contributed by atoms with van der Waals surface area (Å²) in [7, 11) is -0.484. The van der Waals surface area contributed by atoms with Gasteiger partial charge in [-0.05, 0) is 37.3 Å². The van der Waals surface area contributed by atoms with Crippen molar-refractivity contribution in [1.82, 2.24) is 4.31 Å². The van der Waals surface area contributed by atoms with Crippen molar-refractivity contribution in [3.05, 3.63) is 59.1 Å². The standard InChI is InChI=1S/C16H18ClNO3S/c1-12(15-6-4-5-7-16(15)21-3)18(2)22(19,20)14-10-8-13(17)9-11-14/h4-12H,1-3H3. The Morgan fingerprint density at radius 3 is 2.27 bits per heavy atom. The molecule has 4 nitrogen and oxygen atoms in total. The molecule has 0 radical (unpaired) electrons. The minimum atomic E-state index is -3.61. The highest BCUT2D eigenvalue weighted by Gasteiger charge is 2.27. The highest BCUT2D eigenvalue weighted by molar-refractivity contribution is 7.89. The van der Waals surface area contributed by atoms with Crippen LogP contribution < -0.4 is 4.74 Å². The van der Waals surface area contributed by atoms with Crippen molar-refractivity contribution < 1.29 is 13.2 Å². The Morgan fingerprint density at radius 1 is 1.09 bits per heavy atom. The maximum absolute atomic E-state index is 12.7. The van der Waals surface area contributed by atoms with E-state index >= 15 is 0 Å². The first-order valence-electron chi connectivity index (χ1n) is 6.74. The van der Waals surface area contributed by atoms with Gasteiger partial charge in [0.2, 0.25) is 10.0 Å². The number of rotatable bonds is 5. The molecule has 0 aliphatic carbocycles. The topological polar surface area (TPSA) is 46.6 Å². The number of para-hydroxylation sites is 1. The molecule has 0 amide bonds. The first-order valence-corrected chi connectivity index (χ1v) is 8.56. The third kappa shape index (κ3) is 3.27. The van der Waals surface area contributed by atoms with Gasteiger partial charge >= 0.3 is 0 Å². The first kappa shape index (κ1) is 16.8. The van der Waals surface area contributed by atoms with Crippen molar-refractivity contribution in [3.63, 3.8) is 0 Å². The summed E-state index contributed by atoms with van der Waals surface area (Å²) in [6, 6.07) is 13.2. The number of sulfonamides is 1. The number of hydrogen-bond acceptors (Lipinski definition) is 3. The summed E-state index contributed by atoms with van der Waals surface area (Å²) in [5.74, 6) is 0.660. The summed E-state index contributed by atoms with van der Waals surface area (Å²) >= 11 is 5.81. The lowest BCUT2D eigenvalue weighted by molar-refractivity contribution is 0.367. The second-order valence-electron chi connectivity index (χ2n) is 4.89. The molecule has 1 unspecified atom stereocenters. The van der Waals surface area contributed by atoms with E-state index in [1.54, 1.807) is 26.3 Å². The van der Waals surface area contributed by atoms with E-state index in [1.165, 1.54) is 16.4 Å². The molecular weight excluding hydrogens is 322 g/mol. The molecule has 0 saturated heterocycles. The summed E-state index contributed by atoms with van der Waals surface area (Å²) < 4.78 is 32.0. The van der Waals surface area contributed by atoms with E-state index in [-0.39, 0.29) is 10.9 Å². The van der Waals surface area contributed by atoms with E-state index in [1.807, 2.05) is 31.2 Å². The van der Waals surface area contributed by atoms with Crippen LogP contribution in [0.25, 0.3) is 0 Å². The van der Waals surface area contributed by atoms with E-state index in [9.17, 15) is 8.42 Å². The van der Waals surface area contributed by atoms with E-state index < -0.39 is 10.0 Å². The molecule has 0 aromatic heterocycles. The van der Waals surface area contributed by atoms with Crippen molar-refractivity contribution in [2.24, 2.45) is 0 Å². The van der Waals surface area contributed by atoms with Gasteiger partial charge in [0, 0.05) is 17.6 Å². The minimum Gasteiger partial charge on any atom is -0.496 e. The number of halogens is 1. The molecule has 1 atom stereocenters. The zero-order valence-electron chi connectivity index (χ0n) is 12.7. The quantitative estimate of drug-likeness (QED) is 0.833. The molecule has 6 heteroatoms. The maximum Gasteiger partial charge on any atom is 0.243 e. The number of hydrogen-bond donors (Lipinski definition) is 0. The molecule has 2 rings (SSSR count). The SMILES string of the molecule is COc1ccccc1C(C)N(C)S(=O)(=O)c1ccc(Cl)cc1. The van der Waals surface area contributed by atoms with Gasteiger partial charge in [-0.2, -0.15) is 4.31 Å². The molecular formula is C16H18ClNO3S. The summed E-state index contributed by atoms with van der Waals surface area (Å²) in [4.78, 5) is 0.209. The monoisotopic (exact) mass is 339 g/mol. The van der Waals surface area contributed by atoms with Gasteiger partial charge in [0.25, 0.3) is 0 Å². The summed E-state index contributed by atoms with van der Waals surface area (Å²) in [5.41, 5.74) is 0.810. The Balaban J connectivity index is 2.37. The fourth-order valence-electron chi connectivity index (χ4n) is 2.19. The Bertz CT molecular complexity index is 744. The molecule has 0 saturated carbocycles. The van der Waals surface area contributed by atoms with Gasteiger partial charge in [0.05, 0.1) is 18.0 Å². The van der Waals surface area contributed by atoms with Crippen LogP contribution in [0.3, 0.4) is 0 Å². The molecule has 0 aliphatic heterocycles. The van der Waals surface area contributed by atoms with Crippen molar-refractivity contribution in [3.8, 4) is 5.75 Å². The van der Waals surface area contributed by atoms with Gasteiger partial charge in [-0.15, -0.1) is 0 Å². The van der Waals surface area contributed by atoms with Crippen LogP contribution in [0.5, 0.6) is 5.75 Å². The molecule has 118 valence electrons. The van der Waals surface area contributed by atoms with Gasteiger partial charge in [-0.1, -0.05) is 29.8 Å². The van der Waals surface area contributed by atoms with Crippen molar-refractivity contribution in [2.45, 2.75) is 17.9 Å². The summed E-state index contributed by atoms with van der Waals surface area (Å²) in [5, 5.41) is 0.499. The Kier molecular flexibility index (Phi) is 5.11. The van der Waals surface area contributed by atoms with Gasteiger partial charge in [-0.3, -0.25) is 0 Å².